The van der Waals surface area contributed by atoms with E-state index < -0.39 is 6.23 Å². The molecule has 0 saturated carbocycles. The molecule has 2 aromatic rings. The van der Waals surface area contributed by atoms with Crippen LogP contribution in [0.4, 0.5) is 5.82 Å². The topological polar surface area (TPSA) is 96.0 Å². The summed E-state index contributed by atoms with van der Waals surface area (Å²) < 4.78 is 5.54. The molecule has 1 unspecified atom stereocenters. The van der Waals surface area contributed by atoms with Gasteiger partial charge in [-0.15, -0.1) is 0 Å². The molecule has 0 spiro atoms. The van der Waals surface area contributed by atoms with Gasteiger partial charge in [-0.25, -0.2) is 9.98 Å². The Kier molecular flexibility index (Phi) is 6.46. The molecule has 2 aliphatic heterocycles. The number of ether oxygens (including phenoxy) is 1. The van der Waals surface area contributed by atoms with Crippen molar-refractivity contribution in [3.63, 3.8) is 0 Å². The summed E-state index contributed by atoms with van der Waals surface area (Å²) >= 11 is 0. The number of aliphatic hydroxyl groups is 1. The maximum Gasteiger partial charge on any atom is 0.144 e. The van der Waals surface area contributed by atoms with E-state index in [4.69, 9.17) is 15.5 Å². The number of hydrogen-bond donors (Lipinski definition) is 3. The number of rotatable bonds is 5. The van der Waals surface area contributed by atoms with Crippen molar-refractivity contribution in [2.45, 2.75) is 64.3 Å². The first-order valence-corrected chi connectivity index (χ1v) is 11.4. The number of pyridine rings is 1. The molecule has 0 aliphatic carbocycles. The highest BCUT2D eigenvalue weighted by Gasteiger charge is 2.32. The minimum atomic E-state index is -0.851. The van der Waals surface area contributed by atoms with Crippen LogP contribution in [0.25, 0.3) is 10.9 Å². The van der Waals surface area contributed by atoms with E-state index in [2.05, 4.69) is 53.3 Å². The van der Waals surface area contributed by atoms with Crippen LogP contribution in [0.1, 0.15) is 50.7 Å². The lowest BCUT2D eigenvalue weighted by Crippen LogP contribution is -2.54. The van der Waals surface area contributed by atoms with Crippen LogP contribution in [-0.2, 0) is 4.74 Å². The fourth-order valence-corrected chi connectivity index (χ4v) is 4.68. The van der Waals surface area contributed by atoms with Crippen molar-refractivity contribution in [1.82, 2.24) is 10.3 Å². The van der Waals surface area contributed by atoms with Crippen LogP contribution >= 0.6 is 0 Å². The van der Waals surface area contributed by atoms with Crippen molar-refractivity contribution in [1.29, 1.82) is 0 Å². The molecule has 3 heterocycles. The summed E-state index contributed by atoms with van der Waals surface area (Å²) in [6.45, 7) is 9.49. The number of aliphatic hydroxyl groups excluding tert-OH is 1. The SMILES string of the molecule is Cc1ccc2nc(N3CCC(NC4(C)CCOCC4)CC3)c(C(N)=NC(C)O)cc2c1. The largest absolute Gasteiger partial charge is 0.383 e. The van der Waals surface area contributed by atoms with E-state index in [1.54, 1.807) is 6.92 Å². The van der Waals surface area contributed by atoms with Gasteiger partial charge >= 0.3 is 0 Å². The zero-order valence-electron chi connectivity index (χ0n) is 18.9. The molecule has 4 rings (SSSR count). The second-order valence-corrected chi connectivity index (χ2v) is 9.28. The van der Waals surface area contributed by atoms with Crippen molar-refractivity contribution in [3.8, 4) is 0 Å². The van der Waals surface area contributed by atoms with Crippen LogP contribution in [-0.4, -0.2) is 60.0 Å². The fourth-order valence-electron chi connectivity index (χ4n) is 4.68. The van der Waals surface area contributed by atoms with Crippen molar-refractivity contribution in [2.75, 3.05) is 31.2 Å². The summed E-state index contributed by atoms with van der Waals surface area (Å²) in [4.78, 5) is 11.5. The molecule has 2 saturated heterocycles. The van der Waals surface area contributed by atoms with E-state index in [9.17, 15) is 5.11 Å². The fraction of sp³-hybridized carbons (Fsp3) is 0.583. The normalized spacial score (nSPS) is 21.4. The number of nitrogens with one attached hydrogen (secondary N) is 1. The predicted molar refractivity (Wildman–Crippen MR) is 126 cm³/mol. The van der Waals surface area contributed by atoms with E-state index in [0.717, 1.165) is 74.3 Å². The van der Waals surface area contributed by atoms with Gasteiger partial charge in [0.05, 0.1) is 11.1 Å². The van der Waals surface area contributed by atoms with Gasteiger partial charge in [-0.2, -0.15) is 0 Å². The van der Waals surface area contributed by atoms with Gasteiger partial charge in [0.2, 0.25) is 0 Å². The van der Waals surface area contributed by atoms with Gasteiger partial charge in [-0.3, -0.25) is 0 Å². The van der Waals surface area contributed by atoms with Gasteiger partial charge in [0.1, 0.15) is 17.9 Å². The quantitative estimate of drug-likeness (QED) is 0.504. The smallest absolute Gasteiger partial charge is 0.144 e. The van der Waals surface area contributed by atoms with Gasteiger partial charge < -0.3 is 25.8 Å². The number of aryl methyl sites for hydroxylation is 1. The van der Waals surface area contributed by atoms with Crippen LogP contribution in [0.15, 0.2) is 29.3 Å². The Morgan fingerprint density at radius 2 is 2.00 bits per heavy atom. The first kappa shape index (κ1) is 22.0. The molecule has 7 nitrogen and oxygen atoms in total. The van der Waals surface area contributed by atoms with Crippen molar-refractivity contribution >= 4 is 22.6 Å². The van der Waals surface area contributed by atoms with Crippen molar-refractivity contribution in [3.05, 3.63) is 35.4 Å². The van der Waals surface area contributed by atoms with E-state index >= 15 is 0 Å². The molecule has 0 radical (unpaired) electrons. The standard InChI is InChI=1S/C24H35N5O2/c1-16-4-5-21-18(14-16)15-20(22(25)26-17(2)30)23(27-21)29-10-6-19(7-11-29)28-24(3)8-12-31-13-9-24/h4-5,14-15,17,19,28,30H,6-13H2,1-3H3,(H2,25,26). The Morgan fingerprint density at radius 1 is 1.29 bits per heavy atom. The van der Waals surface area contributed by atoms with Crippen LogP contribution in [0.2, 0.25) is 0 Å². The van der Waals surface area contributed by atoms with Gasteiger partial charge in [-0.05, 0) is 64.7 Å². The second-order valence-electron chi connectivity index (χ2n) is 9.28. The van der Waals surface area contributed by atoms with Gasteiger partial charge in [0.25, 0.3) is 0 Å². The molecular weight excluding hydrogens is 390 g/mol. The summed E-state index contributed by atoms with van der Waals surface area (Å²) in [7, 11) is 0. The lowest BCUT2D eigenvalue weighted by atomic mass is 9.90. The lowest BCUT2D eigenvalue weighted by molar-refractivity contribution is 0.0391. The molecule has 31 heavy (non-hydrogen) atoms. The summed E-state index contributed by atoms with van der Waals surface area (Å²) in [5, 5.41) is 14.7. The van der Waals surface area contributed by atoms with Crippen LogP contribution in [0.5, 0.6) is 0 Å². The number of hydrogen-bond acceptors (Lipinski definition) is 6. The summed E-state index contributed by atoms with van der Waals surface area (Å²) in [6, 6.07) is 8.79. The second kappa shape index (κ2) is 9.10. The number of nitrogens with zero attached hydrogens (tertiary/aromatic N) is 3. The molecule has 0 amide bonds. The molecule has 2 fully saturated rings. The molecule has 1 aromatic carbocycles. The summed E-state index contributed by atoms with van der Waals surface area (Å²) in [5.41, 5.74) is 9.39. The molecule has 168 valence electrons. The average Bonchev–Trinajstić information content (AvgIpc) is 2.73. The highest BCUT2D eigenvalue weighted by atomic mass is 16.5. The number of amidine groups is 1. The number of nitrogens with two attached hydrogens (primary N) is 1. The van der Waals surface area contributed by atoms with Crippen LogP contribution in [0, 0.1) is 6.92 Å². The van der Waals surface area contributed by atoms with E-state index in [1.807, 2.05) is 0 Å². The predicted octanol–water partition coefficient (Wildman–Crippen LogP) is 2.71. The third kappa shape index (κ3) is 5.17. The van der Waals surface area contributed by atoms with Gasteiger partial charge in [-0.1, -0.05) is 11.6 Å². The highest BCUT2D eigenvalue weighted by molar-refractivity contribution is 6.04. The maximum atomic E-state index is 9.74. The Hall–Kier alpha value is -2.22. The van der Waals surface area contributed by atoms with Crippen LogP contribution in [0.3, 0.4) is 0 Å². The zero-order valence-corrected chi connectivity index (χ0v) is 18.9. The molecule has 1 aromatic heterocycles. The van der Waals surface area contributed by atoms with Gasteiger partial charge in [0, 0.05) is 43.3 Å². The van der Waals surface area contributed by atoms with E-state index in [0.29, 0.717) is 11.9 Å². The molecule has 2 aliphatic rings. The Morgan fingerprint density at radius 3 is 2.68 bits per heavy atom. The zero-order chi connectivity index (χ0) is 22.0. The number of benzene rings is 1. The minimum Gasteiger partial charge on any atom is -0.383 e. The molecule has 0 bridgehead atoms. The third-order valence-electron chi connectivity index (χ3n) is 6.50. The number of aromatic nitrogens is 1. The molecule has 4 N–H and O–H groups in total. The third-order valence-corrected chi connectivity index (χ3v) is 6.50. The van der Waals surface area contributed by atoms with Crippen molar-refractivity contribution < 1.29 is 9.84 Å². The maximum absolute atomic E-state index is 9.74. The average molecular weight is 426 g/mol. The van der Waals surface area contributed by atoms with E-state index in [1.165, 1.54) is 5.56 Å². The van der Waals surface area contributed by atoms with Crippen LogP contribution < -0.4 is 16.0 Å². The first-order valence-electron chi connectivity index (χ1n) is 11.4. The Labute approximate surface area is 184 Å². The number of piperidine rings is 1. The molecular formula is C24H35N5O2. The summed E-state index contributed by atoms with van der Waals surface area (Å²) in [5.74, 6) is 1.19. The Bertz CT molecular complexity index is 944. The lowest BCUT2D eigenvalue weighted by Gasteiger charge is -2.41. The number of anilines is 1. The van der Waals surface area contributed by atoms with Crippen molar-refractivity contribution in [2.24, 2.45) is 10.7 Å². The highest BCUT2D eigenvalue weighted by Crippen LogP contribution is 2.28. The van der Waals surface area contributed by atoms with E-state index in [-0.39, 0.29) is 5.54 Å². The monoisotopic (exact) mass is 425 g/mol. The number of aliphatic imine (C=N–C) groups is 1. The van der Waals surface area contributed by atoms with Gasteiger partial charge in [0.15, 0.2) is 0 Å². The molecule has 7 heteroatoms. The first-order chi connectivity index (χ1) is 14.8. The molecule has 1 atom stereocenters. The summed E-state index contributed by atoms with van der Waals surface area (Å²) in [6.07, 6.45) is 3.38. The Balaban J connectivity index is 1.56. The number of fused-ring (bicyclic) bond motifs is 1. The minimum absolute atomic E-state index is 0.170.